The number of amides is 1. The maximum Gasteiger partial charge on any atom is 0.243 e. The normalized spacial score (nSPS) is 17.2. The average Bonchev–Trinajstić information content (AvgIpc) is 2.82. The molecule has 3 aromatic rings. The van der Waals surface area contributed by atoms with Gasteiger partial charge in [-0.05, 0) is 60.0 Å². The fourth-order valence-corrected chi connectivity index (χ4v) is 5.40. The fraction of sp³-hybridized carbons (Fsp3) is 0.292. The van der Waals surface area contributed by atoms with Gasteiger partial charge in [-0.2, -0.15) is 4.31 Å². The third kappa shape index (κ3) is 5.08. The topological polar surface area (TPSA) is 75.7 Å². The summed E-state index contributed by atoms with van der Waals surface area (Å²) < 4.78 is 45.8. The lowest BCUT2D eigenvalue weighted by Gasteiger charge is -2.31. The standard InChI is InChI=1S/C24H25FN2O4S/c25-21-8-11-23(12-9-21)32(29,30)27-14-3-6-20(17-27)24(28)26-13-15-31-22-10-7-18-4-1-2-5-19(18)16-22/h1-2,4-5,7-12,16,20H,3,6,13-15,17H2,(H,26,28)/t20-/m1/s1. The highest BCUT2D eigenvalue weighted by atomic mass is 32.2. The zero-order chi connectivity index (χ0) is 22.6. The summed E-state index contributed by atoms with van der Waals surface area (Å²) in [5.74, 6) is -0.385. The Hall–Kier alpha value is -2.97. The Balaban J connectivity index is 1.28. The third-order valence-electron chi connectivity index (χ3n) is 5.60. The van der Waals surface area contributed by atoms with Gasteiger partial charge in [0.2, 0.25) is 15.9 Å². The van der Waals surface area contributed by atoms with E-state index in [0.717, 1.165) is 28.7 Å². The number of hydrogen-bond acceptors (Lipinski definition) is 4. The number of benzene rings is 3. The minimum Gasteiger partial charge on any atom is -0.492 e. The zero-order valence-electron chi connectivity index (χ0n) is 17.5. The second kappa shape index (κ2) is 9.67. The van der Waals surface area contributed by atoms with E-state index in [1.165, 1.54) is 16.4 Å². The number of fused-ring (bicyclic) bond motifs is 1. The molecule has 8 heteroatoms. The van der Waals surface area contributed by atoms with E-state index in [1.807, 2.05) is 42.5 Å². The van der Waals surface area contributed by atoms with E-state index in [2.05, 4.69) is 5.32 Å². The van der Waals surface area contributed by atoms with Gasteiger partial charge < -0.3 is 10.1 Å². The van der Waals surface area contributed by atoms with Gasteiger partial charge in [-0.1, -0.05) is 30.3 Å². The Kier molecular flexibility index (Phi) is 6.72. The smallest absolute Gasteiger partial charge is 0.243 e. The highest BCUT2D eigenvalue weighted by molar-refractivity contribution is 7.89. The van der Waals surface area contributed by atoms with E-state index in [-0.39, 0.29) is 17.3 Å². The van der Waals surface area contributed by atoms with Crippen LogP contribution in [0.4, 0.5) is 4.39 Å². The summed E-state index contributed by atoms with van der Waals surface area (Å²) >= 11 is 0. The lowest BCUT2D eigenvalue weighted by molar-refractivity contribution is -0.126. The first-order chi connectivity index (χ1) is 15.4. The molecule has 1 fully saturated rings. The first-order valence-corrected chi connectivity index (χ1v) is 12.0. The minimum absolute atomic E-state index is 0.0312. The molecule has 32 heavy (non-hydrogen) atoms. The Bertz CT molecular complexity index is 1200. The lowest BCUT2D eigenvalue weighted by atomic mass is 9.99. The molecular formula is C24H25FN2O4S. The van der Waals surface area contributed by atoms with Gasteiger partial charge in [0.15, 0.2) is 0 Å². The molecule has 0 bridgehead atoms. The van der Waals surface area contributed by atoms with Crippen LogP contribution in [0.2, 0.25) is 0 Å². The summed E-state index contributed by atoms with van der Waals surface area (Å²) in [6, 6.07) is 18.6. The number of rotatable bonds is 7. The van der Waals surface area contributed by atoms with E-state index in [4.69, 9.17) is 4.74 Å². The van der Waals surface area contributed by atoms with Crippen LogP contribution in [0.1, 0.15) is 12.8 Å². The van der Waals surface area contributed by atoms with E-state index in [0.29, 0.717) is 32.5 Å². The zero-order valence-corrected chi connectivity index (χ0v) is 18.4. The summed E-state index contributed by atoms with van der Waals surface area (Å²) in [6.07, 6.45) is 1.21. The Morgan fingerprint density at radius 3 is 2.59 bits per heavy atom. The second-order valence-corrected chi connectivity index (χ2v) is 9.74. The molecule has 0 radical (unpaired) electrons. The van der Waals surface area contributed by atoms with E-state index in [1.54, 1.807) is 0 Å². The van der Waals surface area contributed by atoms with E-state index < -0.39 is 21.8 Å². The number of nitrogens with one attached hydrogen (secondary N) is 1. The van der Waals surface area contributed by atoms with Crippen LogP contribution in [0, 0.1) is 11.7 Å². The van der Waals surface area contributed by atoms with Crippen LogP contribution in [0.5, 0.6) is 5.75 Å². The van der Waals surface area contributed by atoms with Gasteiger partial charge in [0.25, 0.3) is 0 Å². The molecule has 0 saturated carbocycles. The molecule has 6 nitrogen and oxygen atoms in total. The van der Waals surface area contributed by atoms with Gasteiger partial charge in [0.05, 0.1) is 17.4 Å². The molecule has 168 valence electrons. The molecule has 1 aliphatic rings. The predicted molar refractivity (Wildman–Crippen MR) is 120 cm³/mol. The molecule has 3 aromatic carbocycles. The number of carbonyl (C=O) groups is 1. The summed E-state index contributed by atoms with van der Waals surface area (Å²) in [7, 11) is -3.76. The van der Waals surface area contributed by atoms with Crippen LogP contribution in [-0.4, -0.2) is 44.9 Å². The lowest BCUT2D eigenvalue weighted by Crippen LogP contribution is -2.45. The maximum atomic E-state index is 13.1. The number of halogens is 1. The average molecular weight is 457 g/mol. The third-order valence-corrected chi connectivity index (χ3v) is 7.48. The van der Waals surface area contributed by atoms with Crippen molar-refractivity contribution in [2.75, 3.05) is 26.2 Å². The fourth-order valence-electron chi connectivity index (χ4n) is 3.88. The second-order valence-electron chi connectivity index (χ2n) is 7.80. The maximum absolute atomic E-state index is 13.1. The summed E-state index contributed by atoms with van der Waals surface area (Å²) in [6.45, 7) is 1.09. The Morgan fingerprint density at radius 2 is 1.81 bits per heavy atom. The van der Waals surface area contributed by atoms with Crippen molar-refractivity contribution in [3.8, 4) is 5.75 Å². The molecule has 1 saturated heterocycles. The van der Waals surface area contributed by atoms with Crippen molar-refractivity contribution in [1.82, 2.24) is 9.62 Å². The highest BCUT2D eigenvalue weighted by Crippen LogP contribution is 2.24. The Morgan fingerprint density at radius 1 is 1.06 bits per heavy atom. The molecule has 1 aliphatic heterocycles. The monoisotopic (exact) mass is 456 g/mol. The van der Waals surface area contributed by atoms with Crippen LogP contribution < -0.4 is 10.1 Å². The molecule has 1 amide bonds. The van der Waals surface area contributed by atoms with Crippen molar-refractivity contribution in [1.29, 1.82) is 0 Å². The number of ether oxygens (including phenoxy) is 1. The van der Waals surface area contributed by atoms with Gasteiger partial charge >= 0.3 is 0 Å². The number of carbonyl (C=O) groups excluding carboxylic acids is 1. The van der Waals surface area contributed by atoms with Gasteiger partial charge in [-0.3, -0.25) is 4.79 Å². The van der Waals surface area contributed by atoms with Crippen molar-refractivity contribution >= 4 is 26.7 Å². The van der Waals surface area contributed by atoms with Crippen LogP contribution in [0.25, 0.3) is 10.8 Å². The molecule has 0 aromatic heterocycles. The number of hydrogen-bond donors (Lipinski definition) is 1. The van der Waals surface area contributed by atoms with E-state index >= 15 is 0 Å². The van der Waals surface area contributed by atoms with Gasteiger partial charge in [0, 0.05) is 13.1 Å². The van der Waals surface area contributed by atoms with Crippen molar-refractivity contribution < 1.29 is 22.3 Å². The van der Waals surface area contributed by atoms with E-state index in [9.17, 15) is 17.6 Å². The van der Waals surface area contributed by atoms with Crippen LogP contribution >= 0.6 is 0 Å². The first-order valence-electron chi connectivity index (χ1n) is 10.6. The molecule has 0 unspecified atom stereocenters. The molecule has 4 rings (SSSR count). The molecule has 1 atom stereocenters. The van der Waals surface area contributed by atoms with Gasteiger partial charge in [0.1, 0.15) is 18.2 Å². The SMILES string of the molecule is O=C(NCCOc1ccc2ccccc2c1)[C@@H]1CCCN(S(=O)(=O)c2ccc(F)cc2)C1. The van der Waals surface area contributed by atoms with Crippen molar-refractivity contribution in [2.24, 2.45) is 5.92 Å². The van der Waals surface area contributed by atoms with Crippen LogP contribution in [-0.2, 0) is 14.8 Å². The van der Waals surface area contributed by atoms with Crippen molar-refractivity contribution in [3.63, 3.8) is 0 Å². The minimum atomic E-state index is -3.76. The highest BCUT2D eigenvalue weighted by Gasteiger charge is 2.33. The number of sulfonamides is 1. The quantitative estimate of drug-likeness (QED) is 0.552. The largest absolute Gasteiger partial charge is 0.492 e. The van der Waals surface area contributed by atoms with Gasteiger partial charge in [-0.15, -0.1) is 0 Å². The van der Waals surface area contributed by atoms with Crippen molar-refractivity contribution in [2.45, 2.75) is 17.7 Å². The van der Waals surface area contributed by atoms with Crippen LogP contribution in [0.3, 0.4) is 0 Å². The van der Waals surface area contributed by atoms with Gasteiger partial charge in [-0.25, -0.2) is 12.8 Å². The summed E-state index contributed by atoms with van der Waals surface area (Å²) in [5, 5.41) is 5.06. The first kappa shape index (κ1) is 22.2. The number of nitrogens with zero attached hydrogens (tertiary/aromatic N) is 1. The number of piperidine rings is 1. The van der Waals surface area contributed by atoms with Crippen LogP contribution in [0.15, 0.2) is 71.6 Å². The molecular weight excluding hydrogens is 431 g/mol. The molecule has 1 N–H and O–H groups in total. The molecule has 1 heterocycles. The van der Waals surface area contributed by atoms with Crippen molar-refractivity contribution in [3.05, 3.63) is 72.5 Å². The summed E-state index contributed by atoms with van der Waals surface area (Å²) in [5.41, 5.74) is 0. The summed E-state index contributed by atoms with van der Waals surface area (Å²) in [4.78, 5) is 12.6. The molecule has 0 spiro atoms. The predicted octanol–water partition coefficient (Wildman–Crippen LogP) is 3.57. The molecule has 0 aliphatic carbocycles. The Labute approximate surface area is 187 Å².